The molecule has 0 spiro atoms. The van der Waals surface area contributed by atoms with Crippen LogP contribution in [0, 0.1) is 12.3 Å². The monoisotopic (exact) mass is 379 g/mol. The number of benzene rings is 1. The third kappa shape index (κ3) is 3.70. The van der Waals surface area contributed by atoms with Gasteiger partial charge in [0.05, 0.1) is 23.2 Å². The van der Waals surface area contributed by atoms with Gasteiger partial charge in [-0.25, -0.2) is 4.98 Å². The van der Waals surface area contributed by atoms with E-state index in [4.69, 9.17) is 6.42 Å². The molecule has 0 atom stereocenters. The maximum atomic E-state index is 12.5. The Bertz CT molecular complexity index is 811. The zero-order valence-electron chi connectivity index (χ0n) is 11.9. The fraction of sp³-hybridized carbons (Fsp3) is 0.267. The molecule has 1 N–H and O–H groups in total. The smallest absolute Gasteiger partial charge is 0.262 e. The molecule has 2 rings (SSSR count). The van der Waals surface area contributed by atoms with Crippen molar-refractivity contribution >= 4 is 44.5 Å². The van der Waals surface area contributed by atoms with E-state index >= 15 is 0 Å². The number of carbonyl (C=O) groups is 1. The maximum absolute atomic E-state index is 12.5. The van der Waals surface area contributed by atoms with Gasteiger partial charge in [-0.05, 0) is 25.1 Å². The van der Waals surface area contributed by atoms with Crippen molar-refractivity contribution in [3.05, 3.63) is 33.0 Å². The van der Waals surface area contributed by atoms with Crippen LogP contribution in [0.4, 0.5) is 0 Å². The van der Waals surface area contributed by atoms with Gasteiger partial charge in [0.1, 0.15) is 0 Å². The van der Waals surface area contributed by atoms with Crippen molar-refractivity contribution in [3.63, 3.8) is 0 Å². The predicted molar refractivity (Wildman–Crippen MR) is 91.9 cm³/mol. The number of nitrogens with zero attached hydrogens (tertiary/aromatic N) is 2. The first kappa shape index (κ1) is 16.6. The Labute approximate surface area is 140 Å². The van der Waals surface area contributed by atoms with Gasteiger partial charge < -0.3 is 5.32 Å². The average Bonchev–Trinajstić information content (AvgIpc) is 2.51. The first-order chi connectivity index (χ1) is 10.6. The first-order valence-corrected chi connectivity index (χ1v) is 8.37. The van der Waals surface area contributed by atoms with Crippen LogP contribution in [-0.2, 0) is 11.3 Å². The third-order valence-electron chi connectivity index (χ3n) is 2.92. The highest BCUT2D eigenvalue weighted by atomic mass is 79.9. The van der Waals surface area contributed by atoms with Gasteiger partial charge in [-0.3, -0.25) is 14.2 Å². The highest BCUT2D eigenvalue weighted by Crippen LogP contribution is 2.20. The van der Waals surface area contributed by atoms with Gasteiger partial charge in [-0.1, -0.05) is 33.6 Å². The Hall–Kier alpha value is -1.78. The third-order valence-corrected chi connectivity index (χ3v) is 4.39. The zero-order valence-corrected chi connectivity index (χ0v) is 14.3. The molecule has 2 aromatic rings. The molecule has 0 aliphatic rings. The van der Waals surface area contributed by atoms with E-state index < -0.39 is 0 Å². The van der Waals surface area contributed by atoms with Crippen molar-refractivity contribution < 1.29 is 4.79 Å². The summed E-state index contributed by atoms with van der Waals surface area (Å²) in [5.74, 6) is 2.32. The zero-order chi connectivity index (χ0) is 16.1. The molecule has 1 amide bonds. The Balaban J connectivity index is 2.33. The number of terminal acetylenes is 1. The summed E-state index contributed by atoms with van der Waals surface area (Å²) in [4.78, 5) is 28.6. The van der Waals surface area contributed by atoms with E-state index in [-0.39, 0.29) is 23.8 Å². The molecule has 0 fully saturated rings. The van der Waals surface area contributed by atoms with Crippen LogP contribution in [0.3, 0.4) is 0 Å². The number of rotatable bonds is 5. The fourth-order valence-corrected chi connectivity index (χ4v) is 3.15. The average molecular weight is 380 g/mol. The molecule has 7 heteroatoms. The molecule has 0 saturated heterocycles. The van der Waals surface area contributed by atoms with Gasteiger partial charge in [0.25, 0.3) is 5.56 Å². The van der Waals surface area contributed by atoms with Crippen LogP contribution in [0.2, 0.25) is 0 Å². The van der Waals surface area contributed by atoms with Crippen LogP contribution < -0.4 is 10.9 Å². The Morgan fingerprint density at radius 2 is 2.32 bits per heavy atom. The highest BCUT2D eigenvalue weighted by Gasteiger charge is 2.12. The van der Waals surface area contributed by atoms with Gasteiger partial charge in [-0.15, -0.1) is 6.42 Å². The molecule has 0 unspecified atom stereocenters. The van der Waals surface area contributed by atoms with Gasteiger partial charge in [0.2, 0.25) is 5.91 Å². The van der Waals surface area contributed by atoms with Crippen molar-refractivity contribution in [1.29, 1.82) is 0 Å². The Kier molecular flexibility index (Phi) is 5.63. The van der Waals surface area contributed by atoms with Crippen molar-refractivity contribution in [2.24, 2.45) is 0 Å². The molecule has 0 saturated carbocycles. The van der Waals surface area contributed by atoms with E-state index in [0.717, 1.165) is 4.47 Å². The van der Waals surface area contributed by atoms with Gasteiger partial charge in [-0.2, -0.15) is 0 Å². The lowest BCUT2D eigenvalue weighted by Gasteiger charge is -2.11. The van der Waals surface area contributed by atoms with Gasteiger partial charge in [0, 0.05) is 11.0 Å². The van der Waals surface area contributed by atoms with Crippen LogP contribution in [0.1, 0.15) is 6.92 Å². The van der Waals surface area contributed by atoms with Gasteiger partial charge in [0.15, 0.2) is 5.16 Å². The molecule has 5 nitrogen and oxygen atoms in total. The summed E-state index contributed by atoms with van der Waals surface area (Å²) in [5, 5.41) is 3.66. The second-order valence-corrected chi connectivity index (χ2v) is 6.23. The van der Waals surface area contributed by atoms with E-state index in [1.54, 1.807) is 16.7 Å². The number of nitrogens with one attached hydrogen (secondary N) is 1. The number of amides is 1. The normalized spacial score (nSPS) is 10.4. The van der Waals surface area contributed by atoms with E-state index in [2.05, 4.69) is 32.2 Å². The van der Waals surface area contributed by atoms with Crippen molar-refractivity contribution in [3.8, 4) is 12.3 Å². The maximum Gasteiger partial charge on any atom is 0.262 e. The standard InChI is InChI=1S/C15H14BrN3O2S/c1-3-7-17-13(20)9-22-15-18-12-6-5-10(16)8-11(12)14(21)19(15)4-2/h1,5-6,8H,4,7,9H2,2H3,(H,17,20). The lowest BCUT2D eigenvalue weighted by atomic mass is 10.2. The SMILES string of the molecule is C#CCNC(=O)CSc1nc2ccc(Br)cc2c(=O)n1CC. The molecule has 0 aliphatic carbocycles. The van der Waals surface area contributed by atoms with E-state index in [1.807, 2.05) is 13.0 Å². The molecule has 22 heavy (non-hydrogen) atoms. The molecule has 1 aromatic carbocycles. The second kappa shape index (κ2) is 7.47. The number of hydrogen-bond acceptors (Lipinski definition) is 4. The summed E-state index contributed by atoms with van der Waals surface area (Å²) in [6, 6.07) is 5.37. The van der Waals surface area contributed by atoms with E-state index in [0.29, 0.717) is 22.6 Å². The molecule has 1 aromatic heterocycles. The van der Waals surface area contributed by atoms with Crippen LogP contribution in [-0.4, -0.2) is 27.8 Å². The van der Waals surface area contributed by atoms with E-state index in [9.17, 15) is 9.59 Å². The molecular formula is C15H14BrN3O2S. The van der Waals surface area contributed by atoms with Crippen LogP contribution in [0.15, 0.2) is 32.6 Å². The second-order valence-electron chi connectivity index (χ2n) is 4.37. The summed E-state index contributed by atoms with van der Waals surface area (Å²) in [6.45, 7) is 2.55. The van der Waals surface area contributed by atoms with Crippen molar-refractivity contribution in [2.75, 3.05) is 12.3 Å². The molecule has 0 aliphatic heterocycles. The molecule has 1 heterocycles. The minimum absolute atomic E-state index is 0.111. The van der Waals surface area contributed by atoms with Gasteiger partial charge >= 0.3 is 0 Å². The molecule has 0 bridgehead atoms. The van der Waals surface area contributed by atoms with Crippen LogP contribution >= 0.6 is 27.7 Å². The highest BCUT2D eigenvalue weighted by molar-refractivity contribution is 9.10. The molecular weight excluding hydrogens is 366 g/mol. The van der Waals surface area contributed by atoms with Crippen molar-refractivity contribution in [2.45, 2.75) is 18.6 Å². The Morgan fingerprint density at radius 3 is 3.00 bits per heavy atom. The lowest BCUT2D eigenvalue weighted by molar-refractivity contribution is -0.118. The number of fused-ring (bicyclic) bond motifs is 1. The number of aromatic nitrogens is 2. The predicted octanol–water partition coefficient (Wildman–Crippen LogP) is 2.02. The van der Waals surface area contributed by atoms with E-state index in [1.165, 1.54) is 11.8 Å². The number of hydrogen-bond donors (Lipinski definition) is 1. The topological polar surface area (TPSA) is 64.0 Å². The number of carbonyl (C=O) groups excluding carboxylic acids is 1. The molecule has 0 radical (unpaired) electrons. The first-order valence-electron chi connectivity index (χ1n) is 6.60. The number of halogens is 1. The van der Waals surface area contributed by atoms with Crippen molar-refractivity contribution in [1.82, 2.24) is 14.9 Å². The summed E-state index contributed by atoms with van der Waals surface area (Å²) in [6.07, 6.45) is 5.09. The summed E-state index contributed by atoms with van der Waals surface area (Å²) >= 11 is 4.58. The number of thioether (sulfide) groups is 1. The van der Waals surface area contributed by atoms with Crippen LogP contribution in [0.5, 0.6) is 0 Å². The minimum atomic E-state index is -0.184. The van der Waals surface area contributed by atoms with Crippen LogP contribution in [0.25, 0.3) is 10.9 Å². The summed E-state index contributed by atoms with van der Waals surface area (Å²) < 4.78 is 2.39. The quantitative estimate of drug-likeness (QED) is 0.490. The minimum Gasteiger partial charge on any atom is -0.344 e. The largest absolute Gasteiger partial charge is 0.344 e. The molecule has 114 valence electrons. The summed E-state index contributed by atoms with van der Waals surface area (Å²) in [7, 11) is 0. The lowest BCUT2D eigenvalue weighted by Crippen LogP contribution is -2.27. The summed E-state index contributed by atoms with van der Waals surface area (Å²) in [5.41, 5.74) is 0.504. The fourth-order valence-electron chi connectivity index (χ4n) is 1.89. The Morgan fingerprint density at radius 1 is 1.55 bits per heavy atom.